The second-order valence-corrected chi connectivity index (χ2v) is 7.66. The van der Waals surface area contributed by atoms with Crippen LogP contribution in [0.4, 0.5) is 10.1 Å². The molecule has 0 radical (unpaired) electrons. The van der Waals surface area contributed by atoms with Crippen LogP contribution in [0.25, 0.3) is 0 Å². The van der Waals surface area contributed by atoms with Crippen molar-refractivity contribution in [1.82, 2.24) is 15.5 Å². The van der Waals surface area contributed by atoms with Gasteiger partial charge in [0, 0.05) is 46.3 Å². The molecule has 31 heavy (non-hydrogen) atoms. The van der Waals surface area contributed by atoms with Gasteiger partial charge in [0.2, 0.25) is 0 Å². The number of ether oxygens (including phenoxy) is 1. The first-order chi connectivity index (χ1) is 15.1. The van der Waals surface area contributed by atoms with Crippen molar-refractivity contribution in [3.8, 4) is 5.75 Å². The second-order valence-electron chi connectivity index (χ2n) is 7.66. The molecule has 6 nitrogen and oxygen atoms in total. The van der Waals surface area contributed by atoms with Gasteiger partial charge in [-0.1, -0.05) is 25.1 Å². The molecule has 168 valence electrons. The van der Waals surface area contributed by atoms with Crippen LogP contribution in [0.5, 0.6) is 5.75 Å². The summed E-state index contributed by atoms with van der Waals surface area (Å²) in [5.74, 6) is 1.40. The second kappa shape index (κ2) is 11.6. The van der Waals surface area contributed by atoms with Crippen LogP contribution in [0.15, 0.2) is 47.5 Å². The third kappa shape index (κ3) is 6.59. The van der Waals surface area contributed by atoms with Gasteiger partial charge < -0.3 is 25.2 Å². The number of halogens is 1. The number of guanidine groups is 1. The van der Waals surface area contributed by atoms with E-state index in [0.29, 0.717) is 18.2 Å². The van der Waals surface area contributed by atoms with E-state index < -0.39 is 0 Å². The number of piperazine rings is 1. The maximum Gasteiger partial charge on any atom is 0.191 e. The van der Waals surface area contributed by atoms with Crippen molar-refractivity contribution in [2.45, 2.75) is 19.9 Å². The summed E-state index contributed by atoms with van der Waals surface area (Å²) in [5.41, 5.74) is 2.81. The molecule has 2 aromatic rings. The maximum absolute atomic E-state index is 14.7. The molecule has 0 saturated carbocycles. The molecule has 3 rings (SSSR count). The Bertz CT molecular complexity index is 848. The van der Waals surface area contributed by atoms with Crippen molar-refractivity contribution < 1.29 is 9.13 Å². The predicted molar refractivity (Wildman–Crippen MR) is 126 cm³/mol. The first kappa shape index (κ1) is 22.9. The van der Waals surface area contributed by atoms with Crippen LogP contribution in [0.2, 0.25) is 0 Å². The zero-order chi connectivity index (χ0) is 22.1. The fourth-order valence-corrected chi connectivity index (χ4v) is 3.75. The lowest BCUT2D eigenvalue weighted by Crippen LogP contribution is -2.46. The molecule has 0 aromatic heterocycles. The van der Waals surface area contributed by atoms with Crippen LogP contribution < -0.4 is 20.3 Å². The lowest BCUT2D eigenvalue weighted by molar-refractivity contribution is 0.270. The zero-order valence-corrected chi connectivity index (χ0v) is 18.8. The summed E-state index contributed by atoms with van der Waals surface area (Å²) in [6.45, 7) is 8.19. The molecule has 2 aromatic carbocycles. The van der Waals surface area contributed by atoms with E-state index in [2.05, 4.69) is 44.5 Å². The number of benzene rings is 2. The lowest BCUT2D eigenvalue weighted by Gasteiger charge is -2.35. The first-order valence-corrected chi connectivity index (χ1v) is 11.0. The molecule has 0 amide bonds. The third-order valence-electron chi connectivity index (χ3n) is 5.72. The van der Waals surface area contributed by atoms with Crippen LogP contribution in [0, 0.1) is 5.82 Å². The van der Waals surface area contributed by atoms with Crippen molar-refractivity contribution >= 4 is 11.6 Å². The molecule has 0 atom stereocenters. The largest absolute Gasteiger partial charge is 0.497 e. The highest BCUT2D eigenvalue weighted by atomic mass is 19.1. The average molecular weight is 428 g/mol. The van der Waals surface area contributed by atoms with Crippen LogP contribution >= 0.6 is 0 Å². The van der Waals surface area contributed by atoms with E-state index >= 15 is 0 Å². The molecular weight excluding hydrogens is 393 g/mol. The summed E-state index contributed by atoms with van der Waals surface area (Å²) in [6.07, 6.45) is 0.874. The van der Waals surface area contributed by atoms with Crippen molar-refractivity contribution in [3.05, 3.63) is 59.4 Å². The summed E-state index contributed by atoms with van der Waals surface area (Å²) in [4.78, 5) is 8.78. The van der Waals surface area contributed by atoms with E-state index in [1.807, 2.05) is 24.3 Å². The van der Waals surface area contributed by atoms with Gasteiger partial charge in [0.05, 0.1) is 12.8 Å². The first-order valence-electron chi connectivity index (χ1n) is 11.0. The van der Waals surface area contributed by atoms with E-state index in [-0.39, 0.29) is 5.82 Å². The van der Waals surface area contributed by atoms with Gasteiger partial charge in [0.25, 0.3) is 0 Å². The number of likely N-dealkylation sites (N-methyl/N-ethyl adjacent to an activating group) is 1. The molecular formula is C24H34FN5O. The topological polar surface area (TPSA) is 52.1 Å². The van der Waals surface area contributed by atoms with Gasteiger partial charge in [-0.05, 0) is 48.4 Å². The van der Waals surface area contributed by atoms with Gasteiger partial charge in [0.15, 0.2) is 5.96 Å². The number of rotatable bonds is 8. The molecule has 0 aliphatic carbocycles. The van der Waals surface area contributed by atoms with Gasteiger partial charge in [0.1, 0.15) is 11.6 Å². The van der Waals surface area contributed by atoms with E-state index in [1.165, 1.54) is 5.56 Å². The van der Waals surface area contributed by atoms with E-state index in [0.717, 1.165) is 57.0 Å². The number of hydrogen-bond donors (Lipinski definition) is 2. The van der Waals surface area contributed by atoms with E-state index in [1.54, 1.807) is 20.2 Å². The van der Waals surface area contributed by atoms with Crippen molar-refractivity contribution in [3.63, 3.8) is 0 Å². The lowest BCUT2D eigenvalue weighted by atomic mass is 10.1. The van der Waals surface area contributed by atoms with E-state index in [9.17, 15) is 4.39 Å². The fourth-order valence-electron chi connectivity index (χ4n) is 3.75. The molecule has 1 aliphatic rings. The average Bonchev–Trinajstić information content (AvgIpc) is 2.82. The van der Waals surface area contributed by atoms with Gasteiger partial charge in [-0.3, -0.25) is 4.99 Å². The number of nitrogens with one attached hydrogen (secondary N) is 2. The van der Waals surface area contributed by atoms with Crippen LogP contribution in [-0.4, -0.2) is 64.3 Å². The molecule has 0 unspecified atom stereocenters. The van der Waals surface area contributed by atoms with E-state index in [4.69, 9.17) is 4.74 Å². The Balaban J connectivity index is 1.46. The zero-order valence-electron chi connectivity index (χ0n) is 18.8. The molecule has 0 bridgehead atoms. The quantitative estimate of drug-likeness (QED) is 0.501. The number of aliphatic imine (C=N–C) groups is 1. The molecule has 0 spiro atoms. The summed E-state index contributed by atoms with van der Waals surface area (Å²) in [6, 6.07) is 13.6. The number of hydrogen-bond acceptors (Lipinski definition) is 4. The van der Waals surface area contributed by atoms with Crippen LogP contribution in [0.3, 0.4) is 0 Å². The highest BCUT2D eigenvalue weighted by molar-refractivity contribution is 5.79. The summed E-state index contributed by atoms with van der Waals surface area (Å²) in [7, 11) is 3.40. The van der Waals surface area contributed by atoms with Crippen molar-refractivity contribution in [2.75, 3.05) is 58.3 Å². The minimum absolute atomic E-state index is 0.160. The standard InChI is InChI=1S/C24H34FN5O/c1-4-29-13-15-30(16-14-29)23-10-7-20(17-22(23)25)18-28-24(26-2)27-12-11-19-5-8-21(31-3)9-6-19/h5-10,17H,4,11-16,18H2,1-3H3,(H2,26,27,28). The van der Waals surface area contributed by atoms with Crippen LogP contribution in [-0.2, 0) is 13.0 Å². The number of methoxy groups -OCH3 is 1. The molecule has 2 N–H and O–H groups in total. The Morgan fingerprint density at radius 3 is 2.35 bits per heavy atom. The summed E-state index contributed by atoms with van der Waals surface area (Å²) < 4.78 is 19.9. The molecule has 7 heteroatoms. The van der Waals surface area contributed by atoms with Crippen LogP contribution in [0.1, 0.15) is 18.1 Å². The number of anilines is 1. The fraction of sp³-hybridized carbons (Fsp3) is 0.458. The highest BCUT2D eigenvalue weighted by Gasteiger charge is 2.18. The highest BCUT2D eigenvalue weighted by Crippen LogP contribution is 2.22. The van der Waals surface area contributed by atoms with Crippen molar-refractivity contribution in [2.24, 2.45) is 4.99 Å². The Morgan fingerprint density at radius 2 is 1.74 bits per heavy atom. The Morgan fingerprint density at radius 1 is 1.03 bits per heavy atom. The maximum atomic E-state index is 14.7. The minimum atomic E-state index is -0.160. The molecule has 1 heterocycles. The molecule has 1 saturated heterocycles. The Labute approximate surface area is 185 Å². The molecule has 1 aliphatic heterocycles. The van der Waals surface area contributed by atoms with Crippen molar-refractivity contribution in [1.29, 1.82) is 0 Å². The number of nitrogens with zero attached hydrogens (tertiary/aromatic N) is 3. The third-order valence-corrected chi connectivity index (χ3v) is 5.72. The Hall–Kier alpha value is -2.80. The predicted octanol–water partition coefficient (Wildman–Crippen LogP) is 2.88. The molecule has 1 fully saturated rings. The summed E-state index contributed by atoms with van der Waals surface area (Å²) >= 11 is 0. The minimum Gasteiger partial charge on any atom is -0.497 e. The van der Waals surface area contributed by atoms with Gasteiger partial charge >= 0.3 is 0 Å². The van der Waals surface area contributed by atoms with Gasteiger partial charge in [-0.25, -0.2) is 4.39 Å². The van der Waals surface area contributed by atoms with Gasteiger partial charge in [-0.15, -0.1) is 0 Å². The van der Waals surface area contributed by atoms with Gasteiger partial charge in [-0.2, -0.15) is 0 Å². The normalized spacial score (nSPS) is 15.1. The monoisotopic (exact) mass is 427 g/mol. The smallest absolute Gasteiger partial charge is 0.191 e. The summed E-state index contributed by atoms with van der Waals surface area (Å²) in [5, 5.41) is 6.57. The Kier molecular flexibility index (Phi) is 8.53. The SMILES string of the molecule is CCN1CCN(c2ccc(CNC(=NC)NCCc3ccc(OC)cc3)cc2F)CC1.